The van der Waals surface area contributed by atoms with Gasteiger partial charge in [0.2, 0.25) is 11.8 Å². The normalized spacial score (nSPS) is 21.8. The monoisotopic (exact) mass is 478 g/mol. The molecule has 1 spiro atoms. The predicted molar refractivity (Wildman–Crippen MR) is 141 cm³/mol. The fourth-order valence-corrected chi connectivity index (χ4v) is 6.26. The molecule has 3 aliphatic rings. The fraction of sp³-hybridized carbons (Fsp3) is 0.621. The number of nitrogens with one attached hydrogen (secondary N) is 2. The number of carbonyl (C=O) groups excluding carboxylic acids is 2. The van der Waals surface area contributed by atoms with Crippen molar-refractivity contribution < 1.29 is 9.59 Å². The van der Waals surface area contributed by atoms with Crippen LogP contribution in [0.3, 0.4) is 0 Å². The van der Waals surface area contributed by atoms with Gasteiger partial charge in [0.1, 0.15) is 11.9 Å². The SMILES string of the molecule is CC[C@H](C)[C@H](NC(=O)[C@H](CC1CCCCC1)C(=N)N)C(=O)N1CCC2(C=Cc3ccccc32)CC1. The topological polar surface area (TPSA) is 99.3 Å². The van der Waals surface area contributed by atoms with Crippen LogP contribution in [0.1, 0.15) is 82.8 Å². The number of piperidine rings is 1. The minimum atomic E-state index is -0.651. The molecule has 6 nitrogen and oxygen atoms in total. The Balaban J connectivity index is 1.42. The lowest BCUT2D eigenvalue weighted by Gasteiger charge is -2.41. The number of nitrogens with two attached hydrogens (primary N) is 1. The van der Waals surface area contributed by atoms with Crippen LogP contribution in [0.25, 0.3) is 6.08 Å². The summed E-state index contributed by atoms with van der Waals surface area (Å²) in [6.45, 7) is 5.43. The Hall–Kier alpha value is -2.63. The summed E-state index contributed by atoms with van der Waals surface area (Å²) < 4.78 is 0. The molecule has 1 aliphatic heterocycles. The zero-order chi connectivity index (χ0) is 25.0. The lowest BCUT2D eigenvalue weighted by atomic mass is 9.74. The zero-order valence-electron chi connectivity index (χ0n) is 21.4. The van der Waals surface area contributed by atoms with Crippen molar-refractivity contribution in [1.82, 2.24) is 10.2 Å². The lowest BCUT2D eigenvalue weighted by Crippen LogP contribution is -2.56. The number of nitrogens with zero attached hydrogens (tertiary/aromatic N) is 1. The van der Waals surface area contributed by atoms with Gasteiger partial charge in [-0.2, -0.15) is 0 Å². The molecule has 0 aromatic heterocycles. The summed E-state index contributed by atoms with van der Waals surface area (Å²) in [6.07, 6.45) is 13.5. The number of hydrogen-bond donors (Lipinski definition) is 3. The molecule has 1 aromatic rings. The Morgan fingerprint density at radius 2 is 1.86 bits per heavy atom. The molecular formula is C29H42N4O2. The van der Waals surface area contributed by atoms with Crippen LogP contribution >= 0.6 is 0 Å². The van der Waals surface area contributed by atoms with Gasteiger partial charge in [-0.1, -0.05) is 88.8 Å². The van der Waals surface area contributed by atoms with E-state index in [9.17, 15) is 9.59 Å². The van der Waals surface area contributed by atoms with Crippen LogP contribution in [0.4, 0.5) is 0 Å². The molecular weight excluding hydrogens is 436 g/mol. The Bertz CT molecular complexity index is 957. The van der Waals surface area contributed by atoms with Crippen molar-refractivity contribution in [2.24, 2.45) is 23.5 Å². The minimum absolute atomic E-state index is 0.00206. The molecule has 1 aromatic carbocycles. The number of carbonyl (C=O) groups is 2. The van der Waals surface area contributed by atoms with E-state index >= 15 is 0 Å². The highest BCUT2D eigenvalue weighted by molar-refractivity contribution is 6.02. The molecule has 1 saturated carbocycles. The van der Waals surface area contributed by atoms with Crippen molar-refractivity contribution in [2.45, 2.75) is 83.1 Å². The summed E-state index contributed by atoms with van der Waals surface area (Å²) in [5.74, 6) is -0.559. The summed E-state index contributed by atoms with van der Waals surface area (Å²) in [5.41, 5.74) is 8.55. The first-order chi connectivity index (χ1) is 16.8. The average molecular weight is 479 g/mol. The van der Waals surface area contributed by atoms with Crippen LogP contribution in [0, 0.1) is 23.2 Å². The molecule has 2 fully saturated rings. The van der Waals surface area contributed by atoms with Gasteiger partial charge in [-0.05, 0) is 42.2 Å². The summed E-state index contributed by atoms with van der Waals surface area (Å²) in [5, 5.41) is 11.1. The number of rotatable bonds is 8. The van der Waals surface area contributed by atoms with Gasteiger partial charge in [-0.25, -0.2) is 0 Å². The second-order valence-electron chi connectivity index (χ2n) is 11.0. The van der Waals surface area contributed by atoms with E-state index in [-0.39, 0.29) is 29.0 Å². The molecule has 2 amide bonds. The van der Waals surface area contributed by atoms with Gasteiger partial charge in [0.25, 0.3) is 0 Å². The van der Waals surface area contributed by atoms with E-state index in [0.717, 1.165) is 32.1 Å². The summed E-state index contributed by atoms with van der Waals surface area (Å²) >= 11 is 0. The number of fused-ring (bicyclic) bond motifs is 2. The predicted octanol–water partition coefficient (Wildman–Crippen LogP) is 4.63. The van der Waals surface area contributed by atoms with Crippen LogP contribution in [0.15, 0.2) is 30.3 Å². The molecule has 0 unspecified atom stereocenters. The van der Waals surface area contributed by atoms with Gasteiger partial charge in [0.15, 0.2) is 0 Å². The summed E-state index contributed by atoms with van der Waals surface area (Å²) in [4.78, 5) is 28.9. The standard InChI is InChI=1S/C29H42N4O2/c1-3-20(2)25(32-27(34)23(26(30)31)19-21-9-5-4-6-10-21)28(35)33-17-15-29(16-18-33)14-13-22-11-7-8-12-24(22)29/h7-8,11-14,20-21,23,25H,3-6,9-10,15-19H2,1-2H3,(H3,30,31)(H,32,34)/t20-,23+,25-/m0/s1. The third-order valence-electron chi connectivity index (χ3n) is 8.81. The first kappa shape index (κ1) is 25.5. The number of benzene rings is 1. The molecule has 3 atom stereocenters. The molecule has 4 N–H and O–H groups in total. The quantitative estimate of drug-likeness (QED) is 0.375. The highest BCUT2D eigenvalue weighted by atomic mass is 16.2. The van der Waals surface area contributed by atoms with Gasteiger partial charge >= 0.3 is 0 Å². The molecule has 4 rings (SSSR count). The molecule has 2 aliphatic carbocycles. The lowest BCUT2D eigenvalue weighted by molar-refractivity contribution is -0.139. The Morgan fingerprint density at radius 1 is 1.17 bits per heavy atom. The van der Waals surface area contributed by atoms with E-state index < -0.39 is 12.0 Å². The van der Waals surface area contributed by atoms with Crippen molar-refractivity contribution in [3.8, 4) is 0 Å². The van der Waals surface area contributed by atoms with E-state index in [4.69, 9.17) is 11.1 Å². The minimum Gasteiger partial charge on any atom is -0.387 e. The number of likely N-dealkylation sites (tertiary alicyclic amines) is 1. The molecule has 6 heteroatoms. The van der Waals surface area contributed by atoms with Crippen LogP contribution < -0.4 is 11.1 Å². The van der Waals surface area contributed by atoms with E-state index in [1.807, 2.05) is 18.7 Å². The van der Waals surface area contributed by atoms with Crippen molar-refractivity contribution in [3.05, 3.63) is 41.5 Å². The number of allylic oxidation sites excluding steroid dienone is 1. The number of amides is 2. The van der Waals surface area contributed by atoms with Crippen LogP contribution in [-0.4, -0.2) is 41.7 Å². The van der Waals surface area contributed by atoms with Crippen LogP contribution in [0.2, 0.25) is 0 Å². The van der Waals surface area contributed by atoms with Gasteiger partial charge in [0, 0.05) is 18.5 Å². The third-order valence-corrected chi connectivity index (χ3v) is 8.81. The van der Waals surface area contributed by atoms with Gasteiger partial charge in [0.05, 0.1) is 5.92 Å². The zero-order valence-corrected chi connectivity index (χ0v) is 21.4. The largest absolute Gasteiger partial charge is 0.387 e. The van der Waals surface area contributed by atoms with Crippen molar-refractivity contribution >= 4 is 23.7 Å². The molecule has 1 saturated heterocycles. The van der Waals surface area contributed by atoms with E-state index in [2.05, 4.69) is 41.7 Å². The summed E-state index contributed by atoms with van der Waals surface area (Å²) in [7, 11) is 0. The molecule has 1 heterocycles. The highest BCUT2D eigenvalue weighted by Gasteiger charge is 2.41. The second kappa shape index (κ2) is 11.0. The number of amidine groups is 1. The average Bonchev–Trinajstić information content (AvgIpc) is 3.23. The molecule has 0 bridgehead atoms. The maximum absolute atomic E-state index is 13.7. The van der Waals surface area contributed by atoms with Crippen molar-refractivity contribution in [2.75, 3.05) is 13.1 Å². The van der Waals surface area contributed by atoms with Gasteiger partial charge in [-0.15, -0.1) is 0 Å². The number of hydrogen-bond acceptors (Lipinski definition) is 3. The highest BCUT2D eigenvalue weighted by Crippen LogP contribution is 2.43. The van der Waals surface area contributed by atoms with Gasteiger partial charge < -0.3 is 16.0 Å². The van der Waals surface area contributed by atoms with E-state index in [0.29, 0.717) is 25.4 Å². The fourth-order valence-electron chi connectivity index (χ4n) is 6.26. The van der Waals surface area contributed by atoms with Crippen LogP contribution in [-0.2, 0) is 15.0 Å². The van der Waals surface area contributed by atoms with Crippen molar-refractivity contribution in [1.29, 1.82) is 5.41 Å². The second-order valence-corrected chi connectivity index (χ2v) is 11.0. The Morgan fingerprint density at radius 3 is 2.51 bits per heavy atom. The van der Waals surface area contributed by atoms with Crippen molar-refractivity contribution in [3.63, 3.8) is 0 Å². The van der Waals surface area contributed by atoms with Crippen LogP contribution in [0.5, 0.6) is 0 Å². The third kappa shape index (κ3) is 5.46. The maximum Gasteiger partial charge on any atom is 0.245 e. The van der Waals surface area contributed by atoms with Gasteiger partial charge in [-0.3, -0.25) is 15.0 Å². The molecule has 35 heavy (non-hydrogen) atoms. The Kier molecular flexibility index (Phi) is 7.98. The Labute approximate surface area is 210 Å². The maximum atomic E-state index is 13.7. The van der Waals surface area contributed by atoms with E-state index in [1.54, 1.807) is 0 Å². The summed E-state index contributed by atoms with van der Waals surface area (Å²) in [6, 6.07) is 7.96. The molecule has 0 radical (unpaired) electrons. The first-order valence-corrected chi connectivity index (χ1v) is 13.6. The first-order valence-electron chi connectivity index (χ1n) is 13.6. The van der Waals surface area contributed by atoms with E-state index in [1.165, 1.54) is 30.4 Å². The smallest absolute Gasteiger partial charge is 0.245 e. The molecule has 190 valence electrons.